The third kappa shape index (κ3) is 6.28. The van der Waals surface area contributed by atoms with E-state index in [0.29, 0.717) is 0 Å². The number of urea groups is 1. The second kappa shape index (κ2) is 9.45. The topological polar surface area (TPSA) is 67.8 Å². The predicted molar refractivity (Wildman–Crippen MR) is 92.5 cm³/mol. The molecule has 6 nitrogen and oxygen atoms in total. The summed E-state index contributed by atoms with van der Waals surface area (Å²) < 4.78 is 0. The fraction of sp³-hybridized carbons (Fsp3) is 0.941. The number of rotatable bonds is 6. The van der Waals surface area contributed by atoms with Crippen LogP contribution < -0.4 is 10.6 Å². The molecule has 2 amide bonds. The Morgan fingerprint density at radius 2 is 1.83 bits per heavy atom. The Hall–Kier alpha value is -0.850. The van der Waals surface area contributed by atoms with Crippen molar-refractivity contribution in [1.82, 2.24) is 20.4 Å². The minimum absolute atomic E-state index is 0.0536. The molecule has 2 aliphatic rings. The summed E-state index contributed by atoms with van der Waals surface area (Å²) in [4.78, 5) is 16.9. The van der Waals surface area contributed by atoms with Gasteiger partial charge in [0.15, 0.2) is 0 Å². The molecule has 1 aliphatic heterocycles. The van der Waals surface area contributed by atoms with Gasteiger partial charge in [-0.05, 0) is 39.8 Å². The van der Waals surface area contributed by atoms with Crippen LogP contribution in [0.1, 0.15) is 38.5 Å². The lowest BCUT2D eigenvalue weighted by Crippen LogP contribution is -2.52. The number of aliphatic hydroxyl groups excluding tert-OH is 1. The van der Waals surface area contributed by atoms with Crippen molar-refractivity contribution in [3.63, 3.8) is 0 Å². The van der Waals surface area contributed by atoms with E-state index in [1.54, 1.807) is 0 Å². The van der Waals surface area contributed by atoms with E-state index in [1.165, 1.54) is 0 Å². The van der Waals surface area contributed by atoms with Crippen LogP contribution in [-0.4, -0.2) is 79.9 Å². The van der Waals surface area contributed by atoms with Crippen LogP contribution in [0, 0.1) is 5.92 Å². The Morgan fingerprint density at radius 3 is 2.48 bits per heavy atom. The predicted octanol–water partition coefficient (Wildman–Crippen LogP) is 0.863. The van der Waals surface area contributed by atoms with Crippen LogP contribution in [0.15, 0.2) is 0 Å². The van der Waals surface area contributed by atoms with Crippen LogP contribution in [-0.2, 0) is 0 Å². The highest BCUT2D eigenvalue weighted by Gasteiger charge is 2.27. The monoisotopic (exact) mass is 326 g/mol. The van der Waals surface area contributed by atoms with Gasteiger partial charge in [0.2, 0.25) is 0 Å². The van der Waals surface area contributed by atoms with Crippen molar-refractivity contribution in [1.29, 1.82) is 0 Å². The van der Waals surface area contributed by atoms with Crippen LogP contribution in [0.5, 0.6) is 0 Å². The normalized spacial score (nSPS) is 27.1. The molecule has 2 unspecified atom stereocenters. The first-order valence-corrected chi connectivity index (χ1v) is 9.13. The van der Waals surface area contributed by atoms with Gasteiger partial charge in [-0.3, -0.25) is 0 Å². The van der Waals surface area contributed by atoms with Gasteiger partial charge in [-0.1, -0.05) is 12.8 Å². The van der Waals surface area contributed by atoms with E-state index in [9.17, 15) is 9.90 Å². The number of hydrogen-bond donors (Lipinski definition) is 3. The Bertz CT molecular complexity index is 357. The number of hydrogen-bond acceptors (Lipinski definition) is 4. The number of piperidine rings is 1. The van der Waals surface area contributed by atoms with Gasteiger partial charge >= 0.3 is 6.03 Å². The molecule has 0 radical (unpaired) electrons. The van der Waals surface area contributed by atoms with E-state index in [1.807, 2.05) is 0 Å². The molecule has 1 saturated carbocycles. The van der Waals surface area contributed by atoms with Crippen molar-refractivity contribution >= 4 is 6.03 Å². The van der Waals surface area contributed by atoms with E-state index in [0.717, 1.165) is 64.7 Å². The van der Waals surface area contributed by atoms with Crippen LogP contribution in [0.4, 0.5) is 4.79 Å². The van der Waals surface area contributed by atoms with Crippen molar-refractivity contribution in [2.24, 2.45) is 5.92 Å². The van der Waals surface area contributed by atoms with Crippen LogP contribution in [0.3, 0.4) is 0 Å². The highest BCUT2D eigenvalue weighted by atomic mass is 16.3. The van der Waals surface area contributed by atoms with Gasteiger partial charge in [0.05, 0.1) is 0 Å². The Morgan fingerprint density at radius 1 is 1.13 bits per heavy atom. The maximum absolute atomic E-state index is 12.2. The van der Waals surface area contributed by atoms with Crippen molar-refractivity contribution in [2.45, 2.75) is 50.6 Å². The lowest BCUT2D eigenvalue weighted by molar-refractivity contribution is 0.150. The number of nitrogens with one attached hydrogen (secondary N) is 2. The first kappa shape index (κ1) is 18.5. The molecule has 3 N–H and O–H groups in total. The number of aliphatic hydroxyl groups is 1. The first-order valence-electron chi connectivity index (χ1n) is 9.13. The van der Waals surface area contributed by atoms with E-state index >= 15 is 0 Å². The summed E-state index contributed by atoms with van der Waals surface area (Å²) in [5.41, 5.74) is 0. The zero-order valence-corrected chi connectivity index (χ0v) is 14.8. The van der Waals surface area contributed by atoms with E-state index in [-0.39, 0.29) is 30.6 Å². The largest absolute Gasteiger partial charge is 0.396 e. The number of likely N-dealkylation sites (N-methyl/N-ethyl adjacent to an activating group) is 1. The third-order valence-corrected chi connectivity index (χ3v) is 5.25. The number of likely N-dealkylation sites (tertiary alicyclic amines) is 1. The molecule has 1 heterocycles. The number of carbonyl (C=O) groups is 1. The molecular formula is C17H34N4O2. The zero-order chi connectivity index (χ0) is 16.7. The smallest absolute Gasteiger partial charge is 0.315 e. The van der Waals surface area contributed by atoms with Gasteiger partial charge in [-0.2, -0.15) is 0 Å². The molecule has 134 valence electrons. The van der Waals surface area contributed by atoms with Gasteiger partial charge in [0.1, 0.15) is 0 Å². The van der Waals surface area contributed by atoms with Gasteiger partial charge in [-0.25, -0.2) is 4.79 Å². The number of nitrogens with zero attached hydrogens (tertiary/aromatic N) is 2. The summed E-state index contributed by atoms with van der Waals surface area (Å²) in [7, 11) is 4.20. The van der Waals surface area contributed by atoms with Gasteiger partial charge < -0.3 is 25.5 Å². The highest BCUT2D eigenvalue weighted by molar-refractivity contribution is 5.74. The minimum Gasteiger partial charge on any atom is -0.396 e. The summed E-state index contributed by atoms with van der Waals surface area (Å²) in [5.74, 6) is 0.224. The number of carbonyl (C=O) groups excluding carboxylic acids is 1. The standard InChI is InChI=1S/C17H34N4O2/c1-20(2)11-12-21-9-7-15(8-10-21)18-17(23)19-16-6-4-3-5-14(16)13-22/h14-16,22H,3-13H2,1-2H3,(H2,18,19,23). The van der Waals surface area contributed by atoms with Gasteiger partial charge in [0, 0.05) is 50.8 Å². The van der Waals surface area contributed by atoms with E-state index in [4.69, 9.17) is 0 Å². The van der Waals surface area contributed by atoms with E-state index in [2.05, 4.69) is 34.5 Å². The highest BCUT2D eigenvalue weighted by Crippen LogP contribution is 2.23. The van der Waals surface area contributed by atoms with Gasteiger partial charge in [-0.15, -0.1) is 0 Å². The molecule has 0 aromatic carbocycles. The quantitative estimate of drug-likeness (QED) is 0.677. The SMILES string of the molecule is CN(C)CCN1CCC(NC(=O)NC2CCCCC2CO)CC1. The van der Waals surface area contributed by atoms with Crippen molar-refractivity contribution in [3.05, 3.63) is 0 Å². The molecular weight excluding hydrogens is 292 g/mol. The summed E-state index contributed by atoms with van der Waals surface area (Å²) in [6.07, 6.45) is 6.36. The second-order valence-electron chi connectivity index (χ2n) is 7.37. The summed E-state index contributed by atoms with van der Waals surface area (Å²) >= 11 is 0. The van der Waals surface area contributed by atoms with Crippen molar-refractivity contribution in [3.8, 4) is 0 Å². The molecule has 0 aromatic rings. The lowest BCUT2D eigenvalue weighted by Gasteiger charge is -2.34. The lowest BCUT2D eigenvalue weighted by atomic mass is 9.85. The molecule has 2 atom stereocenters. The summed E-state index contributed by atoms with van der Waals surface area (Å²) in [6.45, 7) is 4.48. The molecule has 2 rings (SSSR count). The summed E-state index contributed by atoms with van der Waals surface area (Å²) in [5, 5.41) is 15.6. The Kier molecular flexibility index (Phi) is 7.59. The maximum atomic E-state index is 12.2. The average molecular weight is 326 g/mol. The zero-order valence-electron chi connectivity index (χ0n) is 14.8. The average Bonchev–Trinajstić information content (AvgIpc) is 2.54. The first-order chi connectivity index (χ1) is 11.1. The summed E-state index contributed by atoms with van der Waals surface area (Å²) in [6, 6.07) is 0.359. The molecule has 1 saturated heterocycles. The molecule has 0 spiro atoms. The molecule has 2 fully saturated rings. The van der Waals surface area contributed by atoms with Gasteiger partial charge in [0.25, 0.3) is 0 Å². The maximum Gasteiger partial charge on any atom is 0.315 e. The molecule has 0 aromatic heterocycles. The Labute approximate surface area is 140 Å². The number of amides is 2. The minimum atomic E-state index is -0.0536. The van der Waals surface area contributed by atoms with Crippen LogP contribution in [0.25, 0.3) is 0 Å². The fourth-order valence-corrected chi connectivity index (χ4v) is 3.65. The third-order valence-electron chi connectivity index (χ3n) is 5.25. The molecule has 1 aliphatic carbocycles. The van der Waals surface area contributed by atoms with E-state index < -0.39 is 0 Å². The van der Waals surface area contributed by atoms with Crippen LogP contribution >= 0.6 is 0 Å². The van der Waals surface area contributed by atoms with Crippen LogP contribution in [0.2, 0.25) is 0 Å². The molecule has 0 bridgehead atoms. The Balaban J connectivity index is 1.66. The second-order valence-corrected chi connectivity index (χ2v) is 7.37. The molecule has 23 heavy (non-hydrogen) atoms. The van der Waals surface area contributed by atoms with Crippen molar-refractivity contribution < 1.29 is 9.90 Å². The molecule has 6 heteroatoms. The van der Waals surface area contributed by atoms with Crippen molar-refractivity contribution in [2.75, 3.05) is 46.9 Å². The fourth-order valence-electron chi connectivity index (χ4n) is 3.65.